The summed E-state index contributed by atoms with van der Waals surface area (Å²) in [4.78, 5) is 29.6. The van der Waals surface area contributed by atoms with E-state index in [2.05, 4.69) is 25.0 Å². The van der Waals surface area contributed by atoms with Crippen molar-refractivity contribution in [3.8, 4) is 11.4 Å². The number of carbonyl (C=O) groups excluding carboxylic acids is 2. The molecule has 0 saturated heterocycles. The summed E-state index contributed by atoms with van der Waals surface area (Å²) in [6, 6.07) is 2.53. The van der Waals surface area contributed by atoms with Crippen molar-refractivity contribution in [2.75, 3.05) is 0 Å². The molecule has 0 atom stereocenters. The second kappa shape index (κ2) is 5.92. The Morgan fingerprint density at radius 1 is 1.32 bits per heavy atom. The van der Waals surface area contributed by atoms with E-state index in [9.17, 15) is 22.8 Å². The first-order valence-electron chi connectivity index (χ1n) is 6.02. The third-order valence-electron chi connectivity index (χ3n) is 2.50. The van der Waals surface area contributed by atoms with Gasteiger partial charge in [-0.1, -0.05) is 12.1 Å². The molecule has 0 saturated carbocycles. The lowest BCUT2D eigenvalue weighted by Gasteiger charge is -2.02. The average molecular weight is 314 g/mol. The number of alkyl halides is 3. The molecule has 0 spiro atoms. The van der Waals surface area contributed by atoms with Crippen molar-refractivity contribution < 1.29 is 27.3 Å². The van der Waals surface area contributed by atoms with Gasteiger partial charge in [-0.05, 0) is 12.1 Å². The molecule has 1 N–H and O–H groups in total. The maximum atomic E-state index is 12.3. The molecule has 0 aliphatic carbocycles. The van der Waals surface area contributed by atoms with Crippen molar-refractivity contribution in [3.05, 3.63) is 29.9 Å². The quantitative estimate of drug-likeness (QED) is 0.928. The van der Waals surface area contributed by atoms with Crippen molar-refractivity contribution in [1.82, 2.24) is 20.4 Å². The molecule has 2 heterocycles. The van der Waals surface area contributed by atoms with E-state index in [1.54, 1.807) is 6.92 Å². The summed E-state index contributed by atoms with van der Waals surface area (Å²) < 4.78 is 41.1. The van der Waals surface area contributed by atoms with Crippen LogP contribution in [-0.2, 0) is 11.0 Å². The highest BCUT2D eigenvalue weighted by Crippen LogP contribution is 2.29. The summed E-state index contributed by atoms with van der Waals surface area (Å²) in [7, 11) is 0. The minimum absolute atomic E-state index is 0.0647. The summed E-state index contributed by atoms with van der Waals surface area (Å²) in [5.41, 5.74) is 0.0720. The van der Waals surface area contributed by atoms with Gasteiger partial charge in [0.15, 0.2) is 0 Å². The molecule has 0 aliphatic heterocycles. The van der Waals surface area contributed by atoms with E-state index in [-0.39, 0.29) is 23.5 Å². The number of amides is 2. The van der Waals surface area contributed by atoms with Crippen molar-refractivity contribution in [3.63, 3.8) is 0 Å². The largest absolute Gasteiger partial charge is 0.471 e. The Morgan fingerprint density at radius 2 is 2.05 bits per heavy atom. The van der Waals surface area contributed by atoms with Gasteiger partial charge in [-0.2, -0.15) is 18.2 Å². The molecule has 0 unspecified atom stereocenters. The maximum absolute atomic E-state index is 12.3. The number of hydrogen-bond acceptors (Lipinski definition) is 6. The van der Waals surface area contributed by atoms with Gasteiger partial charge < -0.3 is 4.52 Å². The van der Waals surface area contributed by atoms with Crippen LogP contribution in [0.4, 0.5) is 13.2 Å². The fourth-order valence-electron chi connectivity index (χ4n) is 1.40. The van der Waals surface area contributed by atoms with Gasteiger partial charge in [-0.15, -0.1) is 0 Å². The minimum Gasteiger partial charge on any atom is -0.329 e. The molecule has 2 rings (SSSR count). The van der Waals surface area contributed by atoms with E-state index in [1.807, 2.05) is 0 Å². The lowest BCUT2D eigenvalue weighted by atomic mass is 10.2. The van der Waals surface area contributed by atoms with Crippen LogP contribution in [0.25, 0.3) is 11.4 Å². The zero-order valence-corrected chi connectivity index (χ0v) is 11.1. The normalized spacial score (nSPS) is 11.3. The van der Waals surface area contributed by atoms with Crippen molar-refractivity contribution in [2.24, 2.45) is 0 Å². The molecule has 7 nitrogen and oxygen atoms in total. The Labute approximate surface area is 121 Å². The molecule has 0 bridgehead atoms. The molecule has 10 heteroatoms. The number of carbonyl (C=O) groups is 2. The molecular weight excluding hydrogens is 305 g/mol. The SMILES string of the molecule is CCC(=O)NC(=O)c1ccc(-c2noc(C(F)(F)F)n2)cn1. The molecule has 2 amide bonds. The summed E-state index contributed by atoms with van der Waals surface area (Å²) in [6.07, 6.45) is -3.50. The van der Waals surface area contributed by atoms with Crippen molar-refractivity contribution in [2.45, 2.75) is 19.5 Å². The van der Waals surface area contributed by atoms with E-state index < -0.39 is 23.9 Å². The highest BCUT2D eigenvalue weighted by Gasteiger charge is 2.38. The summed E-state index contributed by atoms with van der Waals surface area (Å²) >= 11 is 0. The first-order chi connectivity index (χ1) is 10.3. The lowest BCUT2D eigenvalue weighted by molar-refractivity contribution is -0.159. The summed E-state index contributed by atoms with van der Waals surface area (Å²) in [5.74, 6) is -2.96. The van der Waals surface area contributed by atoms with Crippen LogP contribution >= 0.6 is 0 Å². The average Bonchev–Trinajstić information content (AvgIpc) is 2.97. The first-order valence-corrected chi connectivity index (χ1v) is 6.02. The topological polar surface area (TPSA) is 98.0 Å². The highest BCUT2D eigenvalue weighted by molar-refractivity contribution is 6.03. The number of nitrogens with zero attached hydrogens (tertiary/aromatic N) is 3. The fraction of sp³-hybridized carbons (Fsp3) is 0.250. The third kappa shape index (κ3) is 3.45. The molecule has 22 heavy (non-hydrogen) atoms. The Hall–Kier alpha value is -2.78. The van der Waals surface area contributed by atoms with E-state index in [0.29, 0.717) is 0 Å². The van der Waals surface area contributed by atoms with Crippen LogP contribution in [0.5, 0.6) is 0 Å². The van der Waals surface area contributed by atoms with Crippen LogP contribution in [0.2, 0.25) is 0 Å². The van der Waals surface area contributed by atoms with Gasteiger partial charge in [-0.25, -0.2) is 0 Å². The number of nitrogens with one attached hydrogen (secondary N) is 1. The number of hydrogen-bond donors (Lipinski definition) is 1. The van der Waals surface area contributed by atoms with Gasteiger partial charge >= 0.3 is 12.1 Å². The van der Waals surface area contributed by atoms with Crippen LogP contribution in [0.3, 0.4) is 0 Å². The molecule has 0 aliphatic rings. The minimum atomic E-state index is -4.74. The highest BCUT2D eigenvalue weighted by atomic mass is 19.4. The van der Waals surface area contributed by atoms with Gasteiger partial charge in [-0.3, -0.25) is 19.9 Å². The Balaban J connectivity index is 2.17. The molecule has 0 radical (unpaired) electrons. The van der Waals surface area contributed by atoms with Crippen molar-refractivity contribution >= 4 is 11.8 Å². The Kier molecular flexibility index (Phi) is 4.20. The van der Waals surface area contributed by atoms with Crippen LogP contribution in [0.15, 0.2) is 22.9 Å². The Bertz CT molecular complexity index is 694. The second-order valence-electron chi connectivity index (χ2n) is 4.08. The zero-order valence-electron chi connectivity index (χ0n) is 11.1. The van der Waals surface area contributed by atoms with Gasteiger partial charge in [0.2, 0.25) is 11.7 Å². The van der Waals surface area contributed by atoms with Crippen LogP contribution in [0.1, 0.15) is 29.7 Å². The molecule has 2 aromatic heterocycles. The molecule has 116 valence electrons. The summed E-state index contributed by atoms with van der Waals surface area (Å²) in [5, 5.41) is 5.28. The zero-order chi connectivity index (χ0) is 16.3. The van der Waals surface area contributed by atoms with Crippen LogP contribution in [-0.4, -0.2) is 26.9 Å². The van der Waals surface area contributed by atoms with Crippen molar-refractivity contribution in [1.29, 1.82) is 0 Å². The van der Waals surface area contributed by atoms with Gasteiger partial charge in [0, 0.05) is 18.2 Å². The van der Waals surface area contributed by atoms with E-state index in [1.165, 1.54) is 12.1 Å². The number of imide groups is 1. The van der Waals surface area contributed by atoms with E-state index >= 15 is 0 Å². The standard InChI is InChI=1S/C12H9F3N4O3/c1-2-8(20)17-10(21)7-4-3-6(5-16-7)9-18-11(22-19-9)12(13,14)15/h3-5H,2H2,1H3,(H,17,20,21). The van der Waals surface area contributed by atoms with Gasteiger partial charge in [0.25, 0.3) is 5.91 Å². The lowest BCUT2D eigenvalue weighted by Crippen LogP contribution is -2.30. The fourth-order valence-corrected chi connectivity index (χ4v) is 1.40. The molecule has 2 aromatic rings. The van der Waals surface area contributed by atoms with E-state index in [0.717, 1.165) is 6.20 Å². The monoisotopic (exact) mass is 314 g/mol. The van der Waals surface area contributed by atoms with Gasteiger partial charge in [0.1, 0.15) is 5.69 Å². The number of halogens is 3. The first kappa shape index (κ1) is 15.6. The van der Waals surface area contributed by atoms with Gasteiger partial charge in [0.05, 0.1) is 0 Å². The molecule has 0 aromatic carbocycles. The van der Waals surface area contributed by atoms with Crippen LogP contribution < -0.4 is 5.32 Å². The second-order valence-corrected chi connectivity index (χ2v) is 4.08. The predicted octanol–water partition coefficient (Wildman–Crippen LogP) is 1.82. The van der Waals surface area contributed by atoms with E-state index in [4.69, 9.17) is 0 Å². The maximum Gasteiger partial charge on any atom is 0.471 e. The summed E-state index contributed by atoms with van der Waals surface area (Å²) in [6.45, 7) is 1.58. The predicted molar refractivity (Wildman–Crippen MR) is 65.3 cm³/mol. The number of aromatic nitrogens is 3. The van der Waals surface area contributed by atoms with Crippen LogP contribution in [0, 0.1) is 0 Å². The number of pyridine rings is 1. The molecule has 0 fully saturated rings. The Morgan fingerprint density at radius 3 is 2.55 bits per heavy atom. The third-order valence-corrected chi connectivity index (χ3v) is 2.50. The number of rotatable bonds is 3. The molecular formula is C12H9F3N4O3. The smallest absolute Gasteiger partial charge is 0.329 e.